The molecule has 2 heterocycles. The second kappa shape index (κ2) is 4.15. The van der Waals surface area contributed by atoms with E-state index in [9.17, 15) is 0 Å². The molecule has 0 unspecified atom stereocenters. The minimum Gasteiger partial charge on any atom is -0.467 e. The Labute approximate surface area is 82.7 Å². The molecule has 0 saturated carbocycles. The molecule has 0 aliphatic heterocycles. The lowest BCUT2D eigenvalue weighted by atomic mass is 10.2. The highest BCUT2D eigenvalue weighted by Crippen LogP contribution is 2.24. The zero-order valence-electron chi connectivity index (χ0n) is 8.12. The number of hydrogen-bond acceptors (Lipinski definition) is 3. The molecule has 0 atom stereocenters. The monoisotopic (exact) mass is 191 g/mol. The Kier molecular flexibility index (Phi) is 2.70. The van der Waals surface area contributed by atoms with Gasteiger partial charge in [-0.1, -0.05) is 6.92 Å². The maximum Gasteiger partial charge on any atom is 0.137 e. The first kappa shape index (κ1) is 9.09. The van der Waals surface area contributed by atoms with Gasteiger partial charge in [-0.25, -0.2) is 0 Å². The quantitative estimate of drug-likeness (QED) is 0.807. The zero-order valence-corrected chi connectivity index (χ0v) is 8.12. The largest absolute Gasteiger partial charge is 0.467 e. The number of nitrogens with one attached hydrogen (secondary N) is 1. The summed E-state index contributed by atoms with van der Waals surface area (Å²) in [5.41, 5.74) is 1.02. The Bertz CT molecular complexity index is 376. The summed E-state index contributed by atoms with van der Waals surface area (Å²) in [5, 5.41) is 3.22. The minimum absolute atomic E-state index is 0.736. The summed E-state index contributed by atoms with van der Waals surface area (Å²) in [5.74, 6) is 1.77. The molecule has 2 aromatic heterocycles. The summed E-state index contributed by atoms with van der Waals surface area (Å²) in [6, 6.07) is 5.73. The molecule has 2 rings (SSSR count). The fraction of sp³-hybridized carbons (Fsp3) is 0.273. The van der Waals surface area contributed by atoms with Crippen molar-refractivity contribution in [2.45, 2.75) is 13.5 Å². The summed E-state index contributed by atoms with van der Waals surface area (Å²) >= 11 is 0. The molecule has 3 heteroatoms. The molecule has 0 aliphatic rings. The maximum absolute atomic E-state index is 5.37. The molecule has 0 radical (unpaired) electrons. The Morgan fingerprint density at radius 1 is 1.21 bits per heavy atom. The molecular weight excluding hydrogens is 178 g/mol. The third-order valence-corrected chi connectivity index (χ3v) is 2.07. The molecule has 2 aromatic rings. The topological polar surface area (TPSA) is 38.3 Å². The van der Waals surface area contributed by atoms with E-state index in [1.807, 2.05) is 18.2 Å². The predicted octanol–water partition coefficient (Wildman–Crippen LogP) is 2.65. The van der Waals surface area contributed by atoms with Crippen molar-refractivity contribution in [3.8, 4) is 11.3 Å². The molecule has 0 amide bonds. The first-order valence-corrected chi connectivity index (χ1v) is 4.72. The number of rotatable bonds is 4. The highest BCUT2D eigenvalue weighted by atomic mass is 16.3. The van der Waals surface area contributed by atoms with E-state index in [1.54, 1.807) is 12.5 Å². The molecule has 0 bridgehead atoms. The van der Waals surface area contributed by atoms with E-state index in [1.165, 1.54) is 0 Å². The Morgan fingerprint density at radius 2 is 2.14 bits per heavy atom. The van der Waals surface area contributed by atoms with Crippen LogP contribution in [0, 0.1) is 0 Å². The Balaban J connectivity index is 2.22. The standard InChI is InChI=1S/C11H13NO2/c1-2-12-8-11-9(5-7-14-11)10-4-3-6-13-10/h3-7,12H,2,8H2,1H3. The third-order valence-electron chi connectivity index (χ3n) is 2.07. The summed E-state index contributed by atoms with van der Waals surface area (Å²) in [6.45, 7) is 3.73. The van der Waals surface area contributed by atoms with E-state index in [-0.39, 0.29) is 0 Å². The summed E-state index contributed by atoms with van der Waals surface area (Å²) in [6.07, 6.45) is 3.35. The van der Waals surface area contributed by atoms with Gasteiger partial charge in [-0.15, -0.1) is 0 Å². The fourth-order valence-electron chi connectivity index (χ4n) is 1.37. The van der Waals surface area contributed by atoms with Crippen molar-refractivity contribution in [3.05, 3.63) is 36.5 Å². The van der Waals surface area contributed by atoms with Crippen molar-refractivity contribution in [1.82, 2.24) is 5.32 Å². The molecule has 0 spiro atoms. The molecule has 14 heavy (non-hydrogen) atoms. The van der Waals surface area contributed by atoms with Gasteiger partial charge in [-0.05, 0) is 24.7 Å². The van der Waals surface area contributed by atoms with Crippen LogP contribution < -0.4 is 5.32 Å². The summed E-state index contributed by atoms with van der Waals surface area (Å²) in [4.78, 5) is 0. The van der Waals surface area contributed by atoms with Crippen molar-refractivity contribution in [2.75, 3.05) is 6.54 Å². The van der Waals surface area contributed by atoms with Gasteiger partial charge < -0.3 is 14.2 Å². The van der Waals surface area contributed by atoms with Crippen LogP contribution in [0.5, 0.6) is 0 Å². The molecular formula is C11H13NO2. The van der Waals surface area contributed by atoms with Gasteiger partial charge in [0.2, 0.25) is 0 Å². The summed E-state index contributed by atoms with van der Waals surface area (Å²) < 4.78 is 10.7. The van der Waals surface area contributed by atoms with Gasteiger partial charge in [0.05, 0.1) is 24.6 Å². The van der Waals surface area contributed by atoms with Gasteiger partial charge in [-0.2, -0.15) is 0 Å². The van der Waals surface area contributed by atoms with Gasteiger partial charge >= 0.3 is 0 Å². The Morgan fingerprint density at radius 3 is 2.86 bits per heavy atom. The van der Waals surface area contributed by atoms with Crippen LogP contribution >= 0.6 is 0 Å². The van der Waals surface area contributed by atoms with Crippen LogP contribution in [0.25, 0.3) is 11.3 Å². The molecule has 0 aliphatic carbocycles. The zero-order chi connectivity index (χ0) is 9.80. The lowest BCUT2D eigenvalue weighted by Gasteiger charge is -2.00. The number of hydrogen-bond donors (Lipinski definition) is 1. The first-order chi connectivity index (χ1) is 6.92. The van der Waals surface area contributed by atoms with Crippen LogP contribution in [0.4, 0.5) is 0 Å². The highest BCUT2D eigenvalue weighted by molar-refractivity contribution is 5.59. The maximum atomic E-state index is 5.37. The fourth-order valence-corrected chi connectivity index (χ4v) is 1.37. The smallest absolute Gasteiger partial charge is 0.137 e. The molecule has 3 nitrogen and oxygen atoms in total. The molecule has 0 aromatic carbocycles. The van der Waals surface area contributed by atoms with E-state index in [0.717, 1.165) is 30.2 Å². The minimum atomic E-state index is 0.736. The van der Waals surface area contributed by atoms with Crippen LogP contribution in [0.3, 0.4) is 0 Å². The van der Waals surface area contributed by atoms with E-state index in [0.29, 0.717) is 0 Å². The van der Waals surface area contributed by atoms with Crippen molar-refractivity contribution in [1.29, 1.82) is 0 Å². The van der Waals surface area contributed by atoms with Gasteiger partial charge in [0.25, 0.3) is 0 Å². The van der Waals surface area contributed by atoms with E-state index < -0.39 is 0 Å². The molecule has 1 N–H and O–H groups in total. The second-order valence-corrected chi connectivity index (χ2v) is 3.02. The van der Waals surface area contributed by atoms with Crippen LogP contribution in [0.2, 0.25) is 0 Å². The Hall–Kier alpha value is -1.48. The van der Waals surface area contributed by atoms with Gasteiger partial charge in [0, 0.05) is 0 Å². The summed E-state index contributed by atoms with van der Waals surface area (Å²) in [7, 11) is 0. The third kappa shape index (κ3) is 1.72. The lowest BCUT2D eigenvalue weighted by molar-refractivity contribution is 0.486. The SMILES string of the molecule is CCNCc1occc1-c1ccco1. The van der Waals surface area contributed by atoms with Gasteiger partial charge in [0.1, 0.15) is 11.5 Å². The van der Waals surface area contributed by atoms with E-state index in [2.05, 4.69) is 12.2 Å². The number of furan rings is 2. The van der Waals surface area contributed by atoms with Gasteiger partial charge in [-0.3, -0.25) is 0 Å². The lowest BCUT2D eigenvalue weighted by Crippen LogP contribution is -2.11. The van der Waals surface area contributed by atoms with Crippen molar-refractivity contribution in [3.63, 3.8) is 0 Å². The van der Waals surface area contributed by atoms with Crippen LogP contribution in [-0.4, -0.2) is 6.54 Å². The van der Waals surface area contributed by atoms with Crippen LogP contribution in [-0.2, 0) is 6.54 Å². The van der Waals surface area contributed by atoms with Gasteiger partial charge in [0.15, 0.2) is 0 Å². The molecule has 74 valence electrons. The van der Waals surface area contributed by atoms with Crippen molar-refractivity contribution < 1.29 is 8.83 Å². The van der Waals surface area contributed by atoms with E-state index >= 15 is 0 Å². The molecule has 0 fully saturated rings. The van der Waals surface area contributed by atoms with Crippen LogP contribution in [0.1, 0.15) is 12.7 Å². The first-order valence-electron chi connectivity index (χ1n) is 4.72. The molecule has 0 saturated heterocycles. The average molecular weight is 191 g/mol. The average Bonchev–Trinajstić information content (AvgIpc) is 2.84. The van der Waals surface area contributed by atoms with Crippen LogP contribution in [0.15, 0.2) is 39.6 Å². The predicted molar refractivity (Wildman–Crippen MR) is 53.8 cm³/mol. The van der Waals surface area contributed by atoms with Crippen molar-refractivity contribution in [2.24, 2.45) is 0 Å². The van der Waals surface area contributed by atoms with Crippen molar-refractivity contribution >= 4 is 0 Å². The van der Waals surface area contributed by atoms with E-state index in [4.69, 9.17) is 8.83 Å². The highest BCUT2D eigenvalue weighted by Gasteiger charge is 2.09. The second-order valence-electron chi connectivity index (χ2n) is 3.02. The normalized spacial score (nSPS) is 10.6.